The van der Waals surface area contributed by atoms with Crippen LogP contribution in [0.3, 0.4) is 0 Å². The molecule has 0 unspecified atom stereocenters. The number of pyridine rings is 1. The zero-order valence-corrected chi connectivity index (χ0v) is 9.99. The number of hydrogen-bond acceptors (Lipinski definition) is 2. The molecule has 1 aromatic carbocycles. The Morgan fingerprint density at radius 3 is 2.62 bits per heavy atom. The summed E-state index contributed by atoms with van der Waals surface area (Å²) < 4.78 is 0.538. The van der Waals surface area contributed by atoms with Gasteiger partial charge in [0.05, 0.1) is 4.47 Å². The van der Waals surface area contributed by atoms with Gasteiger partial charge in [-0.05, 0) is 33.5 Å². The molecular weight excluding hydrogens is 270 g/mol. The van der Waals surface area contributed by atoms with Crippen LogP contribution in [0.15, 0.2) is 45.7 Å². The van der Waals surface area contributed by atoms with Gasteiger partial charge in [0.15, 0.2) is 0 Å². The molecule has 1 aromatic heterocycles. The largest absolute Gasteiger partial charge is 0.494 e. The van der Waals surface area contributed by atoms with E-state index in [-0.39, 0.29) is 11.4 Å². The molecule has 0 amide bonds. The molecule has 82 valence electrons. The van der Waals surface area contributed by atoms with Gasteiger partial charge in [-0.3, -0.25) is 9.78 Å². The van der Waals surface area contributed by atoms with Crippen LogP contribution in [-0.2, 0) is 6.42 Å². The minimum absolute atomic E-state index is 0.126. The van der Waals surface area contributed by atoms with Crippen molar-refractivity contribution >= 4 is 15.9 Å². The Bertz CT molecular complexity index is 549. The first-order valence-corrected chi connectivity index (χ1v) is 5.60. The van der Waals surface area contributed by atoms with E-state index in [0.29, 0.717) is 10.9 Å². The minimum Gasteiger partial charge on any atom is -0.494 e. The van der Waals surface area contributed by atoms with Gasteiger partial charge in [0.1, 0.15) is 0 Å². The summed E-state index contributed by atoms with van der Waals surface area (Å²) in [5.74, 6) is -0.126. The number of aromatic hydroxyl groups is 1. The third-order valence-corrected chi connectivity index (χ3v) is 3.16. The second-order valence-electron chi connectivity index (χ2n) is 3.48. The quantitative estimate of drug-likeness (QED) is 0.887. The second-order valence-corrected chi connectivity index (χ2v) is 4.28. The normalized spacial score (nSPS) is 10.3. The second kappa shape index (κ2) is 4.53. The van der Waals surface area contributed by atoms with E-state index in [1.165, 1.54) is 6.07 Å². The zero-order valence-electron chi connectivity index (χ0n) is 8.40. The molecule has 0 aliphatic rings. The monoisotopic (exact) mass is 279 g/mol. The molecule has 4 heteroatoms. The SMILES string of the molecule is O=c1cc(Cc2ccccc2)c(Br)c(O)[nH]1. The molecular formula is C12H10BrNO2. The fourth-order valence-corrected chi connectivity index (χ4v) is 1.88. The zero-order chi connectivity index (χ0) is 11.5. The van der Waals surface area contributed by atoms with Crippen molar-refractivity contribution in [2.45, 2.75) is 6.42 Å². The van der Waals surface area contributed by atoms with Crippen LogP contribution in [0.2, 0.25) is 0 Å². The van der Waals surface area contributed by atoms with Gasteiger partial charge in [-0.1, -0.05) is 30.3 Å². The predicted octanol–water partition coefficient (Wildman–Crippen LogP) is 2.43. The lowest BCUT2D eigenvalue weighted by molar-refractivity contribution is 0.447. The molecule has 0 saturated heterocycles. The molecule has 0 saturated carbocycles. The van der Waals surface area contributed by atoms with Crippen molar-refractivity contribution in [3.63, 3.8) is 0 Å². The molecule has 2 rings (SSSR count). The Hall–Kier alpha value is -1.55. The van der Waals surface area contributed by atoms with Crippen LogP contribution < -0.4 is 5.56 Å². The summed E-state index contributed by atoms with van der Waals surface area (Å²) in [5.41, 5.74) is 1.56. The van der Waals surface area contributed by atoms with Crippen LogP contribution in [0.5, 0.6) is 5.88 Å². The number of aromatic nitrogens is 1. The molecule has 0 atom stereocenters. The van der Waals surface area contributed by atoms with E-state index in [0.717, 1.165) is 11.1 Å². The lowest BCUT2D eigenvalue weighted by Gasteiger charge is -2.05. The molecule has 1 heterocycles. The van der Waals surface area contributed by atoms with Crippen molar-refractivity contribution in [3.8, 4) is 5.88 Å². The summed E-state index contributed by atoms with van der Waals surface area (Å²) in [6, 6.07) is 11.3. The smallest absolute Gasteiger partial charge is 0.251 e. The van der Waals surface area contributed by atoms with Crippen molar-refractivity contribution in [1.82, 2.24) is 4.98 Å². The maximum atomic E-state index is 11.2. The van der Waals surface area contributed by atoms with Gasteiger partial charge < -0.3 is 5.11 Å². The van der Waals surface area contributed by atoms with Crippen LogP contribution in [-0.4, -0.2) is 10.1 Å². The highest BCUT2D eigenvalue weighted by Gasteiger charge is 2.07. The first-order valence-electron chi connectivity index (χ1n) is 4.81. The fourth-order valence-electron chi connectivity index (χ4n) is 1.53. The first-order chi connectivity index (χ1) is 7.66. The fraction of sp³-hybridized carbons (Fsp3) is 0.0833. The molecule has 16 heavy (non-hydrogen) atoms. The van der Waals surface area contributed by atoms with Gasteiger partial charge in [-0.25, -0.2) is 0 Å². The molecule has 0 fully saturated rings. The van der Waals surface area contributed by atoms with Crippen molar-refractivity contribution in [2.24, 2.45) is 0 Å². The Morgan fingerprint density at radius 2 is 1.94 bits per heavy atom. The first kappa shape index (κ1) is 11.0. The third kappa shape index (κ3) is 2.33. The summed E-state index contributed by atoms with van der Waals surface area (Å²) >= 11 is 3.25. The van der Waals surface area contributed by atoms with Crippen LogP contribution in [0.1, 0.15) is 11.1 Å². The average molecular weight is 280 g/mol. The predicted molar refractivity (Wildman–Crippen MR) is 65.7 cm³/mol. The number of rotatable bonds is 2. The third-order valence-electron chi connectivity index (χ3n) is 2.27. The molecule has 2 N–H and O–H groups in total. The van der Waals surface area contributed by atoms with Crippen molar-refractivity contribution in [1.29, 1.82) is 0 Å². The van der Waals surface area contributed by atoms with E-state index in [1.54, 1.807) is 0 Å². The van der Waals surface area contributed by atoms with Gasteiger partial charge >= 0.3 is 0 Å². The van der Waals surface area contributed by atoms with Crippen LogP contribution >= 0.6 is 15.9 Å². The van der Waals surface area contributed by atoms with Crippen molar-refractivity contribution in [2.75, 3.05) is 0 Å². The Balaban J connectivity index is 2.39. The molecule has 0 bridgehead atoms. The number of halogens is 1. The molecule has 2 aromatic rings. The summed E-state index contributed by atoms with van der Waals surface area (Å²) in [5, 5.41) is 9.46. The maximum Gasteiger partial charge on any atom is 0.251 e. The number of aromatic amines is 1. The van der Waals surface area contributed by atoms with Gasteiger partial charge in [-0.2, -0.15) is 0 Å². The Labute approximate surface area is 101 Å². The van der Waals surface area contributed by atoms with Gasteiger partial charge in [-0.15, -0.1) is 0 Å². The van der Waals surface area contributed by atoms with E-state index < -0.39 is 0 Å². The maximum absolute atomic E-state index is 11.2. The lowest BCUT2D eigenvalue weighted by atomic mass is 10.1. The van der Waals surface area contributed by atoms with E-state index in [9.17, 15) is 9.90 Å². The van der Waals surface area contributed by atoms with E-state index in [4.69, 9.17) is 0 Å². The summed E-state index contributed by atoms with van der Waals surface area (Å²) in [7, 11) is 0. The number of nitrogens with one attached hydrogen (secondary N) is 1. The highest BCUT2D eigenvalue weighted by atomic mass is 79.9. The van der Waals surface area contributed by atoms with Crippen LogP contribution in [0.25, 0.3) is 0 Å². The topological polar surface area (TPSA) is 53.1 Å². The molecule has 3 nitrogen and oxygen atoms in total. The van der Waals surface area contributed by atoms with E-state index >= 15 is 0 Å². The molecule has 0 radical (unpaired) electrons. The van der Waals surface area contributed by atoms with E-state index in [1.807, 2.05) is 30.3 Å². The lowest BCUT2D eigenvalue weighted by Crippen LogP contribution is -2.06. The highest BCUT2D eigenvalue weighted by Crippen LogP contribution is 2.25. The van der Waals surface area contributed by atoms with Crippen LogP contribution in [0, 0.1) is 0 Å². The van der Waals surface area contributed by atoms with Crippen LogP contribution in [0.4, 0.5) is 0 Å². The van der Waals surface area contributed by atoms with E-state index in [2.05, 4.69) is 20.9 Å². The number of H-pyrrole nitrogens is 1. The standard InChI is InChI=1S/C12H10BrNO2/c13-11-9(7-10(15)14-12(11)16)6-8-4-2-1-3-5-8/h1-5,7H,6H2,(H2,14,15,16). The molecule has 0 aliphatic carbocycles. The summed E-state index contributed by atoms with van der Waals surface area (Å²) in [6.45, 7) is 0. The number of hydrogen-bond donors (Lipinski definition) is 2. The Kier molecular flexibility index (Phi) is 3.10. The number of benzene rings is 1. The molecule has 0 spiro atoms. The van der Waals surface area contributed by atoms with Gasteiger partial charge in [0.25, 0.3) is 5.56 Å². The highest BCUT2D eigenvalue weighted by molar-refractivity contribution is 9.10. The Morgan fingerprint density at radius 1 is 1.25 bits per heavy atom. The minimum atomic E-state index is -0.299. The average Bonchev–Trinajstić information content (AvgIpc) is 2.27. The molecule has 0 aliphatic heterocycles. The van der Waals surface area contributed by atoms with Gasteiger partial charge in [0.2, 0.25) is 5.88 Å². The van der Waals surface area contributed by atoms with Gasteiger partial charge in [0, 0.05) is 6.07 Å². The summed E-state index contributed by atoms with van der Waals surface area (Å²) in [6.07, 6.45) is 0.610. The summed E-state index contributed by atoms with van der Waals surface area (Å²) in [4.78, 5) is 13.5. The van der Waals surface area contributed by atoms with Crippen molar-refractivity contribution in [3.05, 3.63) is 62.4 Å². The van der Waals surface area contributed by atoms with Crippen molar-refractivity contribution < 1.29 is 5.11 Å².